The van der Waals surface area contributed by atoms with E-state index in [2.05, 4.69) is 37.2 Å². The van der Waals surface area contributed by atoms with Crippen molar-refractivity contribution in [2.24, 2.45) is 0 Å². The number of ether oxygens (including phenoxy) is 2. The maximum atomic E-state index is 12.5. The highest BCUT2D eigenvalue weighted by atomic mass is 79.9. The first-order valence-corrected chi connectivity index (χ1v) is 10.2. The van der Waals surface area contributed by atoms with Gasteiger partial charge in [0.15, 0.2) is 11.5 Å². The van der Waals surface area contributed by atoms with Crippen molar-refractivity contribution >= 4 is 49.5 Å². The van der Waals surface area contributed by atoms with Crippen molar-refractivity contribution in [2.45, 2.75) is 26.9 Å². The minimum atomic E-state index is -0.485. The molecule has 0 atom stereocenters. The number of halogens is 2. The van der Waals surface area contributed by atoms with Gasteiger partial charge in [-0.05, 0) is 84.7 Å². The first-order valence-electron chi connectivity index (χ1n) is 8.65. The Kier molecular flexibility index (Phi) is 8.09. The number of amides is 1. The highest BCUT2D eigenvalue weighted by Crippen LogP contribution is 2.38. The van der Waals surface area contributed by atoms with Crippen molar-refractivity contribution in [1.29, 1.82) is 5.26 Å². The summed E-state index contributed by atoms with van der Waals surface area (Å²) in [5, 5.41) is 12.2. The van der Waals surface area contributed by atoms with Crippen LogP contribution in [0.4, 0.5) is 5.69 Å². The molecule has 2 aromatic rings. The zero-order chi connectivity index (χ0) is 20.7. The summed E-state index contributed by atoms with van der Waals surface area (Å²) in [7, 11) is 0. The summed E-state index contributed by atoms with van der Waals surface area (Å²) in [6.45, 7) is 6.19. The van der Waals surface area contributed by atoms with Crippen LogP contribution in [0.5, 0.6) is 11.5 Å². The Balaban J connectivity index is 2.33. The van der Waals surface area contributed by atoms with Crippen molar-refractivity contribution < 1.29 is 14.3 Å². The molecule has 0 spiro atoms. The number of benzene rings is 2. The fourth-order valence-electron chi connectivity index (χ4n) is 2.33. The molecule has 0 radical (unpaired) electrons. The van der Waals surface area contributed by atoms with Gasteiger partial charge in [-0.1, -0.05) is 15.9 Å². The van der Waals surface area contributed by atoms with Gasteiger partial charge in [0.05, 0.1) is 17.2 Å². The van der Waals surface area contributed by atoms with Crippen molar-refractivity contribution in [3.8, 4) is 17.6 Å². The van der Waals surface area contributed by atoms with Crippen LogP contribution in [-0.4, -0.2) is 18.6 Å². The molecule has 0 aliphatic rings. The van der Waals surface area contributed by atoms with Gasteiger partial charge in [-0.3, -0.25) is 4.79 Å². The predicted molar refractivity (Wildman–Crippen MR) is 117 cm³/mol. The van der Waals surface area contributed by atoms with E-state index < -0.39 is 5.91 Å². The van der Waals surface area contributed by atoms with E-state index in [1.165, 1.54) is 6.08 Å². The third-order valence-electron chi connectivity index (χ3n) is 3.46. The Labute approximate surface area is 181 Å². The van der Waals surface area contributed by atoms with Crippen molar-refractivity contribution in [1.82, 2.24) is 0 Å². The molecule has 28 heavy (non-hydrogen) atoms. The summed E-state index contributed by atoms with van der Waals surface area (Å²) in [5.74, 6) is 0.649. The lowest BCUT2D eigenvalue weighted by Crippen LogP contribution is -2.13. The van der Waals surface area contributed by atoms with Crippen LogP contribution in [0.15, 0.2) is 50.9 Å². The zero-order valence-electron chi connectivity index (χ0n) is 15.8. The van der Waals surface area contributed by atoms with E-state index in [4.69, 9.17) is 9.47 Å². The number of hydrogen-bond acceptors (Lipinski definition) is 4. The van der Waals surface area contributed by atoms with Gasteiger partial charge in [-0.15, -0.1) is 0 Å². The Bertz CT molecular complexity index is 916. The minimum absolute atomic E-state index is 0.0187. The molecular formula is C21H20Br2N2O3. The molecule has 0 bridgehead atoms. The van der Waals surface area contributed by atoms with Gasteiger partial charge in [0.2, 0.25) is 0 Å². The molecule has 0 aromatic heterocycles. The van der Waals surface area contributed by atoms with Gasteiger partial charge in [-0.2, -0.15) is 5.26 Å². The SMILES string of the molecule is CCOc1cc(/C=C(\C#N)C(=O)Nc2ccc(Br)cc2)cc(Br)c1OC(C)C. The molecule has 2 rings (SSSR count). The van der Waals surface area contributed by atoms with E-state index >= 15 is 0 Å². The molecule has 0 saturated heterocycles. The number of nitrogens with zero attached hydrogens (tertiary/aromatic N) is 1. The molecule has 0 unspecified atom stereocenters. The molecule has 0 aliphatic heterocycles. The first-order chi connectivity index (χ1) is 13.3. The summed E-state index contributed by atoms with van der Waals surface area (Å²) in [5.41, 5.74) is 1.23. The van der Waals surface area contributed by atoms with E-state index in [0.29, 0.717) is 33.8 Å². The number of carbonyl (C=O) groups excluding carboxylic acids is 1. The number of anilines is 1. The summed E-state index contributed by atoms with van der Waals surface area (Å²) in [6.07, 6.45) is 1.49. The molecule has 1 N–H and O–H groups in total. The Morgan fingerprint density at radius 1 is 1.25 bits per heavy atom. The lowest BCUT2D eigenvalue weighted by Gasteiger charge is -2.17. The number of nitriles is 1. The van der Waals surface area contributed by atoms with Crippen LogP contribution >= 0.6 is 31.9 Å². The normalized spacial score (nSPS) is 11.1. The number of carbonyl (C=O) groups is 1. The van der Waals surface area contributed by atoms with E-state index in [0.717, 1.165) is 4.47 Å². The summed E-state index contributed by atoms with van der Waals surface area (Å²) in [4.78, 5) is 12.5. The average Bonchev–Trinajstić information content (AvgIpc) is 2.64. The van der Waals surface area contributed by atoms with Gasteiger partial charge >= 0.3 is 0 Å². The maximum absolute atomic E-state index is 12.5. The van der Waals surface area contributed by atoms with Gasteiger partial charge in [0, 0.05) is 10.2 Å². The Morgan fingerprint density at radius 3 is 2.50 bits per heavy atom. The van der Waals surface area contributed by atoms with Gasteiger partial charge in [-0.25, -0.2) is 0 Å². The largest absolute Gasteiger partial charge is 0.490 e. The summed E-state index contributed by atoms with van der Waals surface area (Å²) in [6, 6.07) is 12.6. The fourth-order valence-corrected chi connectivity index (χ4v) is 3.15. The molecule has 1 amide bonds. The molecular weight excluding hydrogens is 488 g/mol. The van der Waals surface area contributed by atoms with E-state index in [9.17, 15) is 10.1 Å². The van der Waals surface area contributed by atoms with Crippen LogP contribution in [0.25, 0.3) is 6.08 Å². The topological polar surface area (TPSA) is 71.3 Å². The van der Waals surface area contributed by atoms with Crippen LogP contribution in [0.3, 0.4) is 0 Å². The lowest BCUT2D eigenvalue weighted by molar-refractivity contribution is -0.112. The van der Waals surface area contributed by atoms with Crippen molar-refractivity contribution in [2.75, 3.05) is 11.9 Å². The molecule has 0 saturated carbocycles. The molecule has 0 fully saturated rings. The zero-order valence-corrected chi connectivity index (χ0v) is 18.9. The van der Waals surface area contributed by atoms with Crippen molar-refractivity contribution in [3.63, 3.8) is 0 Å². The fraction of sp³-hybridized carbons (Fsp3) is 0.238. The standard InChI is InChI=1S/C21H20Br2N2O3/c1-4-27-19-11-14(10-18(23)20(19)28-13(2)3)9-15(12-24)21(26)25-17-7-5-16(22)6-8-17/h5-11,13H,4H2,1-3H3,(H,25,26)/b15-9+. The van der Waals surface area contributed by atoms with Crippen LogP contribution in [-0.2, 0) is 4.79 Å². The number of nitrogens with one attached hydrogen (secondary N) is 1. The van der Waals surface area contributed by atoms with Crippen LogP contribution in [0, 0.1) is 11.3 Å². The second-order valence-electron chi connectivity index (χ2n) is 6.06. The Hall–Kier alpha value is -2.30. The predicted octanol–water partition coefficient (Wildman–Crippen LogP) is 5.94. The van der Waals surface area contributed by atoms with Gasteiger partial charge < -0.3 is 14.8 Å². The summed E-state index contributed by atoms with van der Waals surface area (Å²) >= 11 is 6.83. The molecule has 0 aliphatic carbocycles. The van der Waals surface area contributed by atoms with Gasteiger partial charge in [0.1, 0.15) is 11.6 Å². The van der Waals surface area contributed by atoms with E-state index in [-0.39, 0.29) is 11.7 Å². The number of hydrogen-bond donors (Lipinski definition) is 1. The van der Waals surface area contributed by atoms with E-state index in [1.54, 1.807) is 24.3 Å². The monoisotopic (exact) mass is 506 g/mol. The van der Waals surface area contributed by atoms with Gasteiger partial charge in [0.25, 0.3) is 5.91 Å². The quantitative estimate of drug-likeness (QED) is 0.371. The third-order valence-corrected chi connectivity index (χ3v) is 4.58. The average molecular weight is 508 g/mol. The smallest absolute Gasteiger partial charge is 0.266 e. The maximum Gasteiger partial charge on any atom is 0.266 e. The Morgan fingerprint density at radius 2 is 1.93 bits per heavy atom. The minimum Gasteiger partial charge on any atom is -0.490 e. The van der Waals surface area contributed by atoms with E-state index in [1.807, 2.05) is 39.0 Å². The molecule has 146 valence electrons. The molecule has 2 aromatic carbocycles. The second kappa shape index (κ2) is 10.3. The van der Waals surface area contributed by atoms with Crippen molar-refractivity contribution in [3.05, 3.63) is 56.5 Å². The second-order valence-corrected chi connectivity index (χ2v) is 7.83. The highest BCUT2D eigenvalue weighted by molar-refractivity contribution is 9.10. The number of rotatable bonds is 7. The molecule has 7 heteroatoms. The third kappa shape index (κ3) is 6.11. The van der Waals surface area contributed by atoms with Crippen LogP contribution in [0.1, 0.15) is 26.3 Å². The van der Waals surface area contributed by atoms with Crippen LogP contribution in [0.2, 0.25) is 0 Å². The summed E-state index contributed by atoms with van der Waals surface area (Å²) < 4.78 is 13.1. The lowest BCUT2D eigenvalue weighted by atomic mass is 10.1. The molecule has 0 heterocycles. The highest BCUT2D eigenvalue weighted by Gasteiger charge is 2.15. The van der Waals surface area contributed by atoms with Crippen LogP contribution < -0.4 is 14.8 Å². The first kappa shape index (κ1) is 22.0. The molecule has 5 nitrogen and oxygen atoms in total.